The number of amides is 1. The second-order valence-electron chi connectivity index (χ2n) is 9.51. The van der Waals surface area contributed by atoms with Gasteiger partial charge in [0, 0.05) is 29.4 Å². The summed E-state index contributed by atoms with van der Waals surface area (Å²) in [5, 5.41) is 3.15. The smallest absolute Gasteiger partial charge is 0.255 e. The molecule has 1 amide bonds. The van der Waals surface area contributed by atoms with Crippen molar-refractivity contribution in [3.8, 4) is 17.0 Å². The first-order valence-corrected chi connectivity index (χ1v) is 11.7. The molecule has 2 fully saturated rings. The number of carbonyl (C=O) groups is 1. The molecule has 33 heavy (non-hydrogen) atoms. The molecule has 0 radical (unpaired) electrons. The van der Waals surface area contributed by atoms with Crippen molar-refractivity contribution in [2.24, 2.45) is 11.7 Å². The summed E-state index contributed by atoms with van der Waals surface area (Å²) in [6.45, 7) is 4.14. The number of fused-ring (bicyclic) bond motifs is 1. The molecule has 2 saturated carbocycles. The van der Waals surface area contributed by atoms with Crippen LogP contribution in [0.4, 0.5) is 4.39 Å². The molecule has 0 bridgehead atoms. The number of hydrogen-bond donors (Lipinski definition) is 3. The lowest BCUT2D eigenvalue weighted by atomic mass is 9.91. The Morgan fingerprint density at radius 1 is 1.18 bits per heavy atom. The summed E-state index contributed by atoms with van der Waals surface area (Å²) in [5.41, 5.74) is 10.2. The highest BCUT2D eigenvalue weighted by molar-refractivity contribution is 6.09. The predicted octanol–water partition coefficient (Wildman–Crippen LogP) is 4.17. The van der Waals surface area contributed by atoms with E-state index in [1.807, 2.05) is 6.92 Å². The standard InChI is InChI=1S/C25H30FN5O2/c1-13-9-18(20(10-19(13)26)33-11-15-3-4-15)22-24-23(29-12-28-22)21(14(2)30-24)25(32)31-17-7-5-16(27)6-8-17/h9-10,12,15-17,30H,3-8,11,27H2,1-2H3,(H,31,32). The Kier molecular flexibility index (Phi) is 5.78. The molecule has 2 aromatic heterocycles. The van der Waals surface area contributed by atoms with Gasteiger partial charge in [-0.25, -0.2) is 14.4 Å². The van der Waals surface area contributed by atoms with Gasteiger partial charge < -0.3 is 20.8 Å². The van der Waals surface area contributed by atoms with Crippen molar-refractivity contribution in [3.63, 3.8) is 0 Å². The van der Waals surface area contributed by atoms with Gasteiger partial charge in [-0.1, -0.05) is 0 Å². The van der Waals surface area contributed by atoms with Crippen LogP contribution in [0.25, 0.3) is 22.3 Å². The fourth-order valence-corrected chi connectivity index (χ4v) is 4.58. The molecular weight excluding hydrogens is 421 g/mol. The zero-order valence-corrected chi connectivity index (χ0v) is 19.1. The Labute approximate surface area is 192 Å². The first-order chi connectivity index (χ1) is 15.9. The van der Waals surface area contributed by atoms with E-state index in [2.05, 4.69) is 20.3 Å². The van der Waals surface area contributed by atoms with E-state index in [9.17, 15) is 9.18 Å². The van der Waals surface area contributed by atoms with Crippen LogP contribution in [-0.2, 0) is 0 Å². The number of rotatable bonds is 6. The summed E-state index contributed by atoms with van der Waals surface area (Å²) in [5.74, 6) is 0.529. The van der Waals surface area contributed by atoms with Gasteiger partial charge in [0.1, 0.15) is 29.1 Å². The van der Waals surface area contributed by atoms with Crippen LogP contribution in [0.3, 0.4) is 0 Å². The first kappa shape index (κ1) is 21.8. The maximum Gasteiger partial charge on any atom is 0.255 e. The quantitative estimate of drug-likeness (QED) is 0.522. The van der Waals surface area contributed by atoms with E-state index in [0.717, 1.165) is 44.2 Å². The van der Waals surface area contributed by atoms with E-state index in [-0.39, 0.29) is 23.8 Å². The third kappa shape index (κ3) is 4.44. The van der Waals surface area contributed by atoms with Gasteiger partial charge in [-0.3, -0.25) is 4.79 Å². The molecular formula is C25H30FN5O2. The number of nitrogens with zero attached hydrogens (tertiary/aromatic N) is 2. The van der Waals surface area contributed by atoms with E-state index in [0.29, 0.717) is 51.7 Å². The van der Waals surface area contributed by atoms with Crippen molar-refractivity contribution >= 4 is 16.9 Å². The largest absolute Gasteiger partial charge is 0.492 e. The van der Waals surface area contributed by atoms with Gasteiger partial charge in [0.05, 0.1) is 17.7 Å². The van der Waals surface area contributed by atoms with Crippen molar-refractivity contribution < 1.29 is 13.9 Å². The van der Waals surface area contributed by atoms with E-state index >= 15 is 0 Å². The SMILES string of the molecule is Cc1cc(-c2ncnc3c(C(=O)NC4CCC(N)CC4)c(C)[nH]c23)c(OCC2CC2)cc1F. The van der Waals surface area contributed by atoms with Gasteiger partial charge >= 0.3 is 0 Å². The van der Waals surface area contributed by atoms with Gasteiger partial charge in [-0.15, -0.1) is 0 Å². The van der Waals surface area contributed by atoms with E-state index in [1.54, 1.807) is 13.0 Å². The van der Waals surface area contributed by atoms with Crippen molar-refractivity contribution in [2.75, 3.05) is 6.61 Å². The van der Waals surface area contributed by atoms with Gasteiger partial charge in [0.2, 0.25) is 0 Å². The lowest BCUT2D eigenvalue weighted by Gasteiger charge is -2.26. The van der Waals surface area contributed by atoms with E-state index < -0.39 is 0 Å². The molecule has 3 aromatic rings. The van der Waals surface area contributed by atoms with Gasteiger partial charge in [-0.05, 0) is 69.9 Å². The molecule has 2 heterocycles. The van der Waals surface area contributed by atoms with Crippen LogP contribution in [0.5, 0.6) is 5.75 Å². The monoisotopic (exact) mass is 451 g/mol. The van der Waals surface area contributed by atoms with Crippen molar-refractivity contribution in [2.45, 2.75) is 64.5 Å². The van der Waals surface area contributed by atoms with Crippen molar-refractivity contribution in [3.05, 3.63) is 41.1 Å². The number of benzene rings is 1. The fourth-order valence-electron chi connectivity index (χ4n) is 4.58. The lowest BCUT2D eigenvalue weighted by Crippen LogP contribution is -2.40. The Morgan fingerprint density at radius 3 is 2.67 bits per heavy atom. The molecule has 8 heteroatoms. The van der Waals surface area contributed by atoms with Crippen molar-refractivity contribution in [1.29, 1.82) is 0 Å². The molecule has 2 aliphatic rings. The first-order valence-electron chi connectivity index (χ1n) is 11.7. The summed E-state index contributed by atoms with van der Waals surface area (Å²) >= 11 is 0. The van der Waals surface area contributed by atoms with Gasteiger partial charge in [-0.2, -0.15) is 0 Å². The highest BCUT2D eigenvalue weighted by Gasteiger charge is 2.27. The number of hydrogen-bond acceptors (Lipinski definition) is 5. The molecule has 2 aliphatic carbocycles. The van der Waals surface area contributed by atoms with Crippen LogP contribution in [0.15, 0.2) is 18.5 Å². The van der Waals surface area contributed by atoms with Crippen LogP contribution in [0.2, 0.25) is 0 Å². The summed E-state index contributed by atoms with van der Waals surface area (Å²) < 4.78 is 20.4. The summed E-state index contributed by atoms with van der Waals surface area (Å²) in [7, 11) is 0. The van der Waals surface area contributed by atoms with Crippen LogP contribution < -0.4 is 15.8 Å². The van der Waals surface area contributed by atoms with Crippen LogP contribution in [0.1, 0.15) is 60.1 Å². The van der Waals surface area contributed by atoms with E-state index in [1.165, 1.54) is 12.4 Å². The summed E-state index contributed by atoms with van der Waals surface area (Å²) in [6, 6.07) is 3.52. The van der Waals surface area contributed by atoms with Crippen LogP contribution in [-0.4, -0.2) is 39.5 Å². The Bertz CT molecular complexity index is 1200. The molecule has 4 N–H and O–H groups in total. The minimum atomic E-state index is -0.315. The third-order valence-corrected chi connectivity index (χ3v) is 6.79. The summed E-state index contributed by atoms with van der Waals surface area (Å²) in [4.78, 5) is 25.4. The minimum Gasteiger partial charge on any atom is -0.492 e. The average Bonchev–Trinajstić information content (AvgIpc) is 3.55. The molecule has 0 spiro atoms. The molecule has 0 saturated heterocycles. The highest BCUT2D eigenvalue weighted by atomic mass is 19.1. The number of aromatic nitrogens is 3. The maximum absolute atomic E-state index is 14.4. The maximum atomic E-state index is 14.4. The molecule has 0 atom stereocenters. The number of nitrogens with one attached hydrogen (secondary N) is 2. The molecule has 0 aliphatic heterocycles. The van der Waals surface area contributed by atoms with E-state index in [4.69, 9.17) is 10.5 Å². The Balaban J connectivity index is 1.51. The topological polar surface area (TPSA) is 106 Å². The normalized spacial score (nSPS) is 20.7. The third-order valence-electron chi connectivity index (χ3n) is 6.79. The number of carbonyl (C=O) groups excluding carboxylic acids is 1. The Hall–Kier alpha value is -3.00. The summed E-state index contributed by atoms with van der Waals surface area (Å²) in [6.07, 6.45) is 7.32. The minimum absolute atomic E-state index is 0.116. The molecule has 0 unspecified atom stereocenters. The lowest BCUT2D eigenvalue weighted by molar-refractivity contribution is 0.0927. The number of aryl methyl sites for hydroxylation is 2. The van der Waals surface area contributed by atoms with Crippen LogP contribution >= 0.6 is 0 Å². The molecule has 174 valence electrons. The number of nitrogens with two attached hydrogens (primary N) is 1. The van der Waals surface area contributed by atoms with Gasteiger partial charge in [0.15, 0.2) is 0 Å². The van der Waals surface area contributed by atoms with Crippen LogP contribution in [0, 0.1) is 25.6 Å². The number of halogens is 1. The fraction of sp³-hybridized carbons (Fsp3) is 0.480. The molecule has 7 nitrogen and oxygen atoms in total. The molecule has 1 aromatic carbocycles. The highest BCUT2D eigenvalue weighted by Crippen LogP contribution is 2.37. The Morgan fingerprint density at radius 2 is 1.94 bits per heavy atom. The zero-order valence-electron chi connectivity index (χ0n) is 19.1. The van der Waals surface area contributed by atoms with Gasteiger partial charge in [0.25, 0.3) is 5.91 Å². The number of H-pyrrole nitrogens is 1. The zero-order chi connectivity index (χ0) is 23.1. The average molecular weight is 452 g/mol. The van der Waals surface area contributed by atoms with Crippen molar-refractivity contribution in [1.82, 2.24) is 20.3 Å². The predicted molar refractivity (Wildman–Crippen MR) is 125 cm³/mol. The number of ether oxygens (including phenoxy) is 1. The second kappa shape index (κ2) is 8.74. The second-order valence-corrected chi connectivity index (χ2v) is 9.51. The molecule has 5 rings (SSSR count). The number of aromatic amines is 1.